The highest BCUT2D eigenvalue weighted by molar-refractivity contribution is 6.20. The third-order valence-corrected chi connectivity index (χ3v) is 6.79. The zero-order valence-corrected chi connectivity index (χ0v) is 19.9. The summed E-state index contributed by atoms with van der Waals surface area (Å²) in [5.74, 6) is -0.313. The van der Waals surface area contributed by atoms with Crippen LogP contribution in [0.4, 0.5) is 4.39 Å². The second-order valence-electron chi connectivity index (χ2n) is 9.35. The Morgan fingerprint density at radius 2 is 1.50 bits per heavy atom. The number of amides is 1. The van der Waals surface area contributed by atoms with Crippen LogP contribution >= 0.6 is 0 Å². The molecule has 4 rings (SSSR count). The zero-order chi connectivity index (χ0) is 24.1. The van der Waals surface area contributed by atoms with Crippen molar-refractivity contribution in [1.29, 1.82) is 0 Å². The molecule has 0 atom stereocenters. The fraction of sp³-hybridized carbons (Fsp3) is 0.300. The highest BCUT2D eigenvalue weighted by Crippen LogP contribution is 2.35. The van der Waals surface area contributed by atoms with Gasteiger partial charge in [0, 0.05) is 18.7 Å². The maximum absolute atomic E-state index is 13.7. The first-order valence-electron chi connectivity index (χ1n) is 11.9. The van der Waals surface area contributed by atoms with Gasteiger partial charge in [-0.15, -0.1) is 0 Å². The van der Waals surface area contributed by atoms with Gasteiger partial charge in [0.15, 0.2) is 0 Å². The molecule has 0 unspecified atom stereocenters. The highest BCUT2D eigenvalue weighted by atomic mass is 19.1. The van der Waals surface area contributed by atoms with Crippen molar-refractivity contribution >= 4 is 11.5 Å². The Morgan fingerprint density at radius 3 is 2.15 bits per heavy atom. The summed E-state index contributed by atoms with van der Waals surface area (Å²) in [6.45, 7) is 4.88. The van der Waals surface area contributed by atoms with Gasteiger partial charge in [0.1, 0.15) is 5.82 Å². The van der Waals surface area contributed by atoms with E-state index in [0.717, 1.165) is 35.1 Å². The molecule has 3 aromatic carbocycles. The van der Waals surface area contributed by atoms with Crippen LogP contribution in [0.25, 0.3) is 5.57 Å². The normalized spacial score (nSPS) is 15.1. The van der Waals surface area contributed by atoms with Gasteiger partial charge in [0.25, 0.3) is 5.91 Å². The number of carbonyl (C=O) groups is 1. The van der Waals surface area contributed by atoms with E-state index in [1.807, 2.05) is 43.0 Å². The lowest BCUT2D eigenvalue weighted by Crippen LogP contribution is -2.45. The van der Waals surface area contributed by atoms with Crippen molar-refractivity contribution in [2.75, 3.05) is 13.1 Å². The van der Waals surface area contributed by atoms with Crippen molar-refractivity contribution in [3.63, 3.8) is 0 Å². The van der Waals surface area contributed by atoms with Crippen molar-refractivity contribution in [2.24, 2.45) is 0 Å². The third-order valence-electron chi connectivity index (χ3n) is 6.79. The SMILES string of the molecule is CC(C)=C(C(=O)N1CCC(O)(c2ccc(F)cc2)CC1)c1ccccc1CCc1ccccc1. The molecule has 4 heteroatoms. The number of benzene rings is 3. The molecule has 0 radical (unpaired) electrons. The van der Waals surface area contributed by atoms with Gasteiger partial charge >= 0.3 is 0 Å². The first-order chi connectivity index (χ1) is 16.4. The number of likely N-dealkylation sites (tertiary alicyclic amines) is 1. The molecular weight excluding hydrogens is 425 g/mol. The summed E-state index contributed by atoms with van der Waals surface area (Å²) >= 11 is 0. The third kappa shape index (κ3) is 5.28. The average Bonchev–Trinajstić information content (AvgIpc) is 2.85. The average molecular weight is 458 g/mol. The fourth-order valence-electron chi connectivity index (χ4n) is 4.79. The lowest BCUT2D eigenvalue weighted by Gasteiger charge is -2.39. The highest BCUT2D eigenvalue weighted by Gasteiger charge is 2.36. The number of rotatable bonds is 6. The van der Waals surface area contributed by atoms with Crippen LogP contribution in [-0.4, -0.2) is 29.0 Å². The number of aliphatic hydroxyl groups is 1. The minimum atomic E-state index is -1.04. The van der Waals surface area contributed by atoms with E-state index in [0.29, 0.717) is 31.5 Å². The molecule has 1 aliphatic rings. The Hall–Kier alpha value is -3.24. The minimum absolute atomic E-state index is 0.00770. The van der Waals surface area contributed by atoms with E-state index >= 15 is 0 Å². The van der Waals surface area contributed by atoms with E-state index in [4.69, 9.17) is 0 Å². The molecule has 1 fully saturated rings. The van der Waals surface area contributed by atoms with Crippen molar-refractivity contribution < 1.29 is 14.3 Å². The summed E-state index contributed by atoms with van der Waals surface area (Å²) in [6, 6.07) is 24.6. The summed E-state index contributed by atoms with van der Waals surface area (Å²) in [6.07, 6.45) is 2.62. The maximum atomic E-state index is 13.7. The van der Waals surface area contributed by atoms with Gasteiger partial charge < -0.3 is 10.0 Å². The summed E-state index contributed by atoms with van der Waals surface area (Å²) in [5.41, 5.74) is 4.82. The predicted molar refractivity (Wildman–Crippen MR) is 135 cm³/mol. The van der Waals surface area contributed by atoms with Gasteiger partial charge in [0.05, 0.1) is 5.60 Å². The standard InChI is InChI=1S/C30H32FNO2/c1-22(2)28(27-11-7-6-10-24(27)13-12-23-8-4-3-5-9-23)29(33)32-20-18-30(34,19-21-32)25-14-16-26(31)17-15-25/h3-11,14-17,34H,12-13,18-21H2,1-2H3. The molecule has 0 aromatic heterocycles. The van der Waals surface area contributed by atoms with E-state index in [1.54, 1.807) is 12.1 Å². The van der Waals surface area contributed by atoms with Crippen LogP contribution in [0.5, 0.6) is 0 Å². The lowest BCUT2D eigenvalue weighted by atomic mass is 9.84. The number of hydrogen-bond donors (Lipinski definition) is 1. The Bertz CT molecular complexity index is 1160. The van der Waals surface area contributed by atoms with Crippen molar-refractivity contribution in [3.05, 3.63) is 113 Å². The first-order valence-corrected chi connectivity index (χ1v) is 11.9. The zero-order valence-electron chi connectivity index (χ0n) is 19.9. The molecule has 0 saturated carbocycles. The van der Waals surface area contributed by atoms with E-state index < -0.39 is 5.60 Å². The molecule has 0 spiro atoms. The van der Waals surface area contributed by atoms with Gasteiger partial charge in [-0.25, -0.2) is 4.39 Å². The predicted octanol–water partition coefficient (Wildman–Crippen LogP) is 5.91. The fourth-order valence-corrected chi connectivity index (χ4v) is 4.79. The number of piperidine rings is 1. The molecule has 3 aromatic rings. The quantitative estimate of drug-likeness (QED) is 0.467. The van der Waals surface area contributed by atoms with Crippen LogP contribution < -0.4 is 0 Å². The van der Waals surface area contributed by atoms with Gasteiger partial charge in [-0.3, -0.25) is 4.79 Å². The molecule has 3 nitrogen and oxygen atoms in total. The molecule has 1 heterocycles. The molecule has 176 valence electrons. The van der Waals surface area contributed by atoms with Crippen molar-refractivity contribution in [3.8, 4) is 0 Å². The van der Waals surface area contributed by atoms with Crippen LogP contribution in [0.3, 0.4) is 0 Å². The summed E-state index contributed by atoms with van der Waals surface area (Å²) in [7, 11) is 0. The Kier molecular flexibility index (Phi) is 7.28. The summed E-state index contributed by atoms with van der Waals surface area (Å²) < 4.78 is 13.3. The molecule has 1 N–H and O–H groups in total. The minimum Gasteiger partial charge on any atom is -0.385 e. The second-order valence-corrected chi connectivity index (χ2v) is 9.35. The van der Waals surface area contributed by atoms with Crippen LogP contribution in [-0.2, 0) is 23.2 Å². The molecule has 1 amide bonds. The molecule has 34 heavy (non-hydrogen) atoms. The van der Waals surface area contributed by atoms with E-state index in [9.17, 15) is 14.3 Å². The van der Waals surface area contributed by atoms with E-state index in [-0.39, 0.29) is 11.7 Å². The lowest BCUT2D eigenvalue weighted by molar-refractivity contribution is -0.129. The van der Waals surface area contributed by atoms with E-state index in [2.05, 4.69) is 30.3 Å². The summed E-state index contributed by atoms with van der Waals surface area (Å²) in [4.78, 5) is 15.5. The molecule has 0 bridgehead atoms. The number of hydrogen-bond acceptors (Lipinski definition) is 2. The molecule has 1 aliphatic heterocycles. The number of allylic oxidation sites excluding steroid dienone is 1. The van der Waals surface area contributed by atoms with Gasteiger partial charge in [-0.1, -0.05) is 72.3 Å². The van der Waals surface area contributed by atoms with Gasteiger partial charge in [-0.05, 0) is 73.9 Å². The number of carbonyl (C=O) groups excluding carboxylic acids is 1. The van der Waals surface area contributed by atoms with Crippen LogP contribution in [0.2, 0.25) is 0 Å². The molecule has 0 aliphatic carbocycles. The number of aryl methyl sites for hydroxylation is 2. The number of nitrogens with zero attached hydrogens (tertiary/aromatic N) is 1. The topological polar surface area (TPSA) is 40.5 Å². The van der Waals surface area contributed by atoms with Crippen LogP contribution in [0, 0.1) is 5.82 Å². The molecule has 1 saturated heterocycles. The van der Waals surface area contributed by atoms with Gasteiger partial charge in [0.2, 0.25) is 0 Å². The van der Waals surface area contributed by atoms with E-state index in [1.165, 1.54) is 17.7 Å². The smallest absolute Gasteiger partial charge is 0.254 e. The Labute approximate surface area is 201 Å². The Morgan fingerprint density at radius 1 is 0.882 bits per heavy atom. The Balaban J connectivity index is 1.51. The second kappa shape index (κ2) is 10.4. The summed E-state index contributed by atoms with van der Waals surface area (Å²) in [5, 5.41) is 11.1. The largest absolute Gasteiger partial charge is 0.385 e. The van der Waals surface area contributed by atoms with Gasteiger partial charge in [-0.2, -0.15) is 0 Å². The maximum Gasteiger partial charge on any atom is 0.254 e. The van der Waals surface area contributed by atoms with Crippen molar-refractivity contribution in [2.45, 2.75) is 45.1 Å². The molecular formula is C30H32FNO2. The van der Waals surface area contributed by atoms with Crippen LogP contribution in [0.15, 0.2) is 84.4 Å². The monoisotopic (exact) mass is 457 g/mol. The van der Waals surface area contributed by atoms with Crippen LogP contribution in [0.1, 0.15) is 48.9 Å². The van der Waals surface area contributed by atoms with Crippen molar-refractivity contribution in [1.82, 2.24) is 4.90 Å². The number of halogens is 1. The first kappa shape index (κ1) is 23.9.